The summed E-state index contributed by atoms with van der Waals surface area (Å²) in [6.45, 7) is 4.18. The first-order chi connectivity index (χ1) is 9.19. The first-order valence-electron chi connectivity index (χ1n) is 6.53. The van der Waals surface area contributed by atoms with E-state index in [9.17, 15) is 13.2 Å². The molecule has 0 bridgehead atoms. The highest BCUT2D eigenvalue weighted by Gasteiger charge is 2.16. The molecule has 1 unspecified atom stereocenters. The van der Waals surface area contributed by atoms with Crippen LogP contribution in [0.4, 0.5) is 5.69 Å². The summed E-state index contributed by atoms with van der Waals surface area (Å²) in [6, 6.07) is 6.70. The van der Waals surface area contributed by atoms with E-state index in [4.69, 9.17) is 5.73 Å². The van der Waals surface area contributed by atoms with Crippen LogP contribution in [0.1, 0.15) is 31.7 Å². The maximum absolute atomic E-state index is 11.8. The summed E-state index contributed by atoms with van der Waals surface area (Å²) < 4.78 is 22.1. The van der Waals surface area contributed by atoms with E-state index in [1.807, 2.05) is 24.3 Å². The Morgan fingerprint density at radius 2 is 1.76 bits per heavy atom. The molecule has 0 heterocycles. The van der Waals surface area contributed by atoms with Crippen LogP contribution in [0.5, 0.6) is 0 Å². The fraction of sp³-hybridized carbons (Fsp3) is 0.500. The van der Waals surface area contributed by atoms with Gasteiger partial charge in [0.15, 0.2) is 0 Å². The Kier molecular flexibility index (Phi) is 7.92. The molecule has 1 aromatic carbocycles. The highest BCUT2D eigenvalue weighted by Crippen LogP contribution is 2.17. The monoisotopic (exact) mass is 334 g/mol. The average molecular weight is 335 g/mol. The van der Waals surface area contributed by atoms with Gasteiger partial charge in [0.25, 0.3) is 0 Å². The molecule has 0 saturated heterocycles. The fourth-order valence-corrected chi connectivity index (χ4v) is 2.34. The third-order valence-electron chi connectivity index (χ3n) is 2.98. The number of hydrogen-bond acceptors (Lipinski definition) is 4. The number of hydrogen-bond donors (Lipinski definition) is 2. The minimum absolute atomic E-state index is 0. The third kappa shape index (κ3) is 7.45. The second kappa shape index (κ2) is 8.36. The number of rotatable bonds is 6. The Balaban J connectivity index is 0.00000400. The summed E-state index contributed by atoms with van der Waals surface area (Å²) >= 11 is 0. The summed E-state index contributed by atoms with van der Waals surface area (Å²) in [5, 5.41) is 2.69. The molecular weight excluding hydrogens is 312 g/mol. The second-order valence-corrected chi connectivity index (χ2v) is 7.55. The van der Waals surface area contributed by atoms with E-state index in [-0.39, 0.29) is 30.5 Å². The molecule has 0 spiro atoms. The smallest absolute Gasteiger partial charge is 0.241 e. The molecule has 1 amide bonds. The van der Waals surface area contributed by atoms with Crippen molar-refractivity contribution in [1.82, 2.24) is 0 Å². The molecule has 0 saturated carbocycles. The maximum atomic E-state index is 11.8. The summed E-state index contributed by atoms with van der Waals surface area (Å²) in [5.74, 6) is -0.0313. The highest BCUT2D eigenvalue weighted by atomic mass is 35.5. The van der Waals surface area contributed by atoms with Crippen LogP contribution in [-0.2, 0) is 14.6 Å². The van der Waals surface area contributed by atoms with Crippen LogP contribution >= 0.6 is 12.4 Å². The highest BCUT2D eigenvalue weighted by molar-refractivity contribution is 7.90. The lowest BCUT2D eigenvalue weighted by molar-refractivity contribution is -0.117. The number of sulfone groups is 1. The van der Waals surface area contributed by atoms with Crippen LogP contribution in [0.25, 0.3) is 0 Å². The Labute approximate surface area is 132 Å². The zero-order valence-corrected chi connectivity index (χ0v) is 14.1. The normalized spacial score (nSPS) is 12.6. The van der Waals surface area contributed by atoms with Crippen molar-refractivity contribution in [2.75, 3.05) is 17.3 Å². The van der Waals surface area contributed by atoms with Crippen LogP contribution in [0.3, 0.4) is 0 Å². The van der Waals surface area contributed by atoms with Gasteiger partial charge in [0, 0.05) is 11.9 Å². The molecule has 1 aromatic rings. The number of benzene rings is 1. The van der Waals surface area contributed by atoms with Crippen molar-refractivity contribution in [1.29, 1.82) is 0 Å². The van der Waals surface area contributed by atoms with Gasteiger partial charge in [-0.05, 0) is 30.0 Å². The number of halogens is 1. The van der Waals surface area contributed by atoms with Gasteiger partial charge in [-0.25, -0.2) is 8.42 Å². The molecule has 5 nitrogen and oxygen atoms in total. The Bertz CT molecular complexity index is 556. The van der Waals surface area contributed by atoms with Crippen molar-refractivity contribution in [3.63, 3.8) is 0 Å². The van der Waals surface area contributed by atoms with Gasteiger partial charge in [0.1, 0.15) is 9.84 Å². The molecular formula is C14H23ClN2O3S. The Hall–Kier alpha value is -1.11. The minimum Gasteiger partial charge on any atom is -0.325 e. The van der Waals surface area contributed by atoms with E-state index >= 15 is 0 Å². The molecule has 21 heavy (non-hydrogen) atoms. The number of nitrogens with two attached hydrogens (primary N) is 1. The van der Waals surface area contributed by atoms with Crippen molar-refractivity contribution in [3.05, 3.63) is 29.8 Å². The van der Waals surface area contributed by atoms with Crippen molar-refractivity contribution >= 4 is 33.8 Å². The quantitative estimate of drug-likeness (QED) is 0.831. The SMILES string of the molecule is CC(C)c1ccc(NC(=O)C(N)CCS(C)(=O)=O)cc1.Cl. The third-order valence-corrected chi connectivity index (χ3v) is 3.96. The van der Waals surface area contributed by atoms with Gasteiger partial charge in [-0.15, -0.1) is 12.4 Å². The van der Waals surface area contributed by atoms with Crippen molar-refractivity contribution in [2.45, 2.75) is 32.2 Å². The molecule has 0 radical (unpaired) electrons. The molecule has 0 aliphatic heterocycles. The van der Waals surface area contributed by atoms with Crippen LogP contribution in [0.15, 0.2) is 24.3 Å². The predicted molar refractivity (Wildman–Crippen MR) is 88.7 cm³/mol. The zero-order chi connectivity index (χ0) is 15.3. The van der Waals surface area contributed by atoms with Gasteiger partial charge >= 0.3 is 0 Å². The van der Waals surface area contributed by atoms with Gasteiger partial charge in [-0.2, -0.15) is 0 Å². The van der Waals surface area contributed by atoms with Crippen LogP contribution in [0.2, 0.25) is 0 Å². The van der Waals surface area contributed by atoms with E-state index in [1.165, 1.54) is 5.56 Å². The van der Waals surface area contributed by atoms with Crippen molar-refractivity contribution < 1.29 is 13.2 Å². The molecule has 1 atom stereocenters. The number of carbonyl (C=O) groups excluding carboxylic acids is 1. The molecule has 120 valence electrons. The van der Waals surface area contributed by atoms with E-state index in [2.05, 4.69) is 19.2 Å². The molecule has 3 N–H and O–H groups in total. The Morgan fingerprint density at radius 3 is 2.19 bits per heavy atom. The van der Waals surface area contributed by atoms with Gasteiger partial charge in [-0.1, -0.05) is 26.0 Å². The van der Waals surface area contributed by atoms with E-state index < -0.39 is 15.9 Å². The Morgan fingerprint density at radius 1 is 1.24 bits per heavy atom. The van der Waals surface area contributed by atoms with Gasteiger partial charge in [-0.3, -0.25) is 4.79 Å². The van der Waals surface area contributed by atoms with E-state index in [0.29, 0.717) is 11.6 Å². The summed E-state index contributed by atoms with van der Waals surface area (Å²) in [7, 11) is -3.10. The molecule has 0 aliphatic carbocycles. The zero-order valence-electron chi connectivity index (χ0n) is 12.5. The standard InChI is InChI=1S/C14H22N2O3S.ClH/c1-10(2)11-4-6-12(7-5-11)16-14(17)13(15)8-9-20(3,18)19;/h4-7,10,13H,8-9,15H2,1-3H3,(H,16,17);1H. The lowest BCUT2D eigenvalue weighted by Gasteiger charge is -2.12. The van der Waals surface area contributed by atoms with E-state index in [0.717, 1.165) is 6.26 Å². The lowest BCUT2D eigenvalue weighted by Crippen LogP contribution is -2.37. The summed E-state index contributed by atoms with van der Waals surface area (Å²) in [5.41, 5.74) is 7.52. The first-order valence-corrected chi connectivity index (χ1v) is 8.59. The largest absolute Gasteiger partial charge is 0.325 e. The van der Waals surface area contributed by atoms with Crippen molar-refractivity contribution in [3.8, 4) is 0 Å². The van der Waals surface area contributed by atoms with Crippen LogP contribution in [0, 0.1) is 0 Å². The van der Waals surface area contributed by atoms with E-state index in [1.54, 1.807) is 0 Å². The van der Waals surface area contributed by atoms with Gasteiger partial charge < -0.3 is 11.1 Å². The van der Waals surface area contributed by atoms with Crippen LogP contribution in [-0.4, -0.2) is 32.4 Å². The molecule has 7 heteroatoms. The number of anilines is 1. The molecule has 0 fully saturated rings. The number of nitrogens with one attached hydrogen (secondary N) is 1. The number of carbonyl (C=O) groups is 1. The molecule has 0 aliphatic rings. The molecule has 1 rings (SSSR count). The van der Waals surface area contributed by atoms with Gasteiger partial charge in [0.2, 0.25) is 5.91 Å². The van der Waals surface area contributed by atoms with Crippen molar-refractivity contribution in [2.24, 2.45) is 5.73 Å². The molecule has 0 aromatic heterocycles. The summed E-state index contributed by atoms with van der Waals surface area (Å²) in [4.78, 5) is 11.8. The average Bonchev–Trinajstić information content (AvgIpc) is 2.35. The lowest BCUT2D eigenvalue weighted by atomic mass is 10.0. The predicted octanol–water partition coefficient (Wildman–Crippen LogP) is 1.93. The van der Waals surface area contributed by atoms with Gasteiger partial charge in [0.05, 0.1) is 11.8 Å². The second-order valence-electron chi connectivity index (χ2n) is 5.29. The first kappa shape index (κ1) is 19.9. The van der Waals surface area contributed by atoms with Crippen LogP contribution < -0.4 is 11.1 Å². The fourth-order valence-electron chi connectivity index (χ4n) is 1.66. The number of amides is 1. The minimum atomic E-state index is -3.10. The topological polar surface area (TPSA) is 89.3 Å². The summed E-state index contributed by atoms with van der Waals surface area (Å²) in [6.07, 6.45) is 1.25. The maximum Gasteiger partial charge on any atom is 0.241 e.